The number of anilines is 1. The lowest BCUT2D eigenvalue weighted by atomic mass is 10.2. The maximum Gasteiger partial charge on any atom is 0.262 e. The Morgan fingerprint density at radius 3 is 2.86 bits per heavy atom. The van der Waals surface area contributed by atoms with Gasteiger partial charge < -0.3 is 10.1 Å². The molecule has 0 fully saturated rings. The van der Waals surface area contributed by atoms with Gasteiger partial charge in [0.25, 0.3) is 5.91 Å². The van der Waals surface area contributed by atoms with E-state index in [1.54, 1.807) is 24.3 Å². The molecule has 0 spiro atoms. The van der Waals surface area contributed by atoms with Crippen molar-refractivity contribution < 1.29 is 13.9 Å². The van der Waals surface area contributed by atoms with Gasteiger partial charge in [-0.2, -0.15) is 5.26 Å². The second-order valence-electron chi connectivity index (χ2n) is 4.11. The van der Waals surface area contributed by atoms with Crippen LogP contribution in [0.4, 0.5) is 10.1 Å². The van der Waals surface area contributed by atoms with Crippen LogP contribution in [0.2, 0.25) is 5.02 Å². The summed E-state index contributed by atoms with van der Waals surface area (Å²) in [7, 11) is 0. The first-order chi connectivity index (χ1) is 10.1. The van der Waals surface area contributed by atoms with E-state index in [2.05, 4.69) is 5.32 Å². The van der Waals surface area contributed by atoms with Crippen molar-refractivity contribution in [2.24, 2.45) is 0 Å². The van der Waals surface area contributed by atoms with Crippen LogP contribution in [-0.2, 0) is 4.79 Å². The summed E-state index contributed by atoms with van der Waals surface area (Å²) >= 11 is 5.61. The smallest absolute Gasteiger partial charge is 0.262 e. The highest BCUT2D eigenvalue weighted by Gasteiger charge is 2.06. The van der Waals surface area contributed by atoms with Gasteiger partial charge >= 0.3 is 0 Å². The minimum atomic E-state index is -0.554. The molecule has 4 nitrogen and oxygen atoms in total. The fourth-order valence-electron chi connectivity index (χ4n) is 1.58. The predicted octanol–water partition coefficient (Wildman–Crippen LogP) is 3.37. The molecule has 6 heteroatoms. The molecule has 21 heavy (non-hydrogen) atoms. The molecule has 0 unspecified atom stereocenters. The van der Waals surface area contributed by atoms with Crippen LogP contribution in [0.3, 0.4) is 0 Å². The number of carbonyl (C=O) groups is 1. The number of ether oxygens (including phenoxy) is 1. The molecule has 0 saturated carbocycles. The third-order valence-electron chi connectivity index (χ3n) is 2.54. The summed E-state index contributed by atoms with van der Waals surface area (Å²) in [6.45, 7) is -0.251. The van der Waals surface area contributed by atoms with Gasteiger partial charge in [-0.25, -0.2) is 4.39 Å². The van der Waals surface area contributed by atoms with Crippen LogP contribution in [0.25, 0.3) is 0 Å². The van der Waals surface area contributed by atoms with Crippen molar-refractivity contribution in [3.63, 3.8) is 0 Å². The highest BCUT2D eigenvalue weighted by Crippen LogP contribution is 2.21. The molecule has 0 bridgehead atoms. The van der Waals surface area contributed by atoms with E-state index in [1.807, 2.05) is 6.07 Å². The summed E-state index contributed by atoms with van der Waals surface area (Å²) in [6.07, 6.45) is 0. The molecule has 2 aromatic carbocycles. The van der Waals surface area contributed by atoms with Crippen LogP contribution in [0.1, 0.15) is 5.56 Å². The first-order valence-corrected chi connectivity index (χ1v) is 6.34. The molecule has 2 aromatic rings. The molecule has 0 radical (unpaired) electrons. The SMILES string of the molecule is N#Cc1cccc(NC(=O)COc2ccc(F)c(Cl)c2)c1. The normalized spacial score (nSPS) is 9.76. The van der Waals surface area contributed by atoms with E-state index in [1.165, 1.54) is 12.1 Å². The molecule has 0 aliphatic carbocycles. The van der Waals surface area contributed by atoms with E-state index in [0.717, 1.165) is 6.07 Å². The topological polar surface area (TPSA) is 62.1 Å². The Kier molecular flexibility index (Phi) is 4.75. The number of hydrogen-bond acceptors (Lipinski definition) is 3. The van der Waals surface area contributed by atoms with E-state index < -0.39 is 11.7 Å². The quantitative estimate of drug-likeness (QED) is 0.942. The van der Waals surface area contributed by atoms with Crippen molar-refractivity contribution in [1.82, 2.24) is 0 Å². The Hall–Kier alpha value is -2.58. The average molecular weight is 305 g/mol. The summed E-state index contributed by atoms with van der Waals surface area (Å²) in [4.78, 5) is 11.7. The molecule has 0 aliphatic heterocycles. The Balaban J connectivity index is 1.92. The Bertz CT molecular complexity index is 713. The van der Waals surface area contributed by atoms with Crippen molar-refractivity contribution in [3.05, 3.63) is 58.9 Å². The van der Waals surface area contributed by atoms with E-state index >= 15 is 0 Å². The fourth-order valence-corrected chi connectivity index (χ4v) is 1.75. The number of nitrogens with zero attached hydrogens (tertiary/aromatic N) is 1. The second kappa shape index (κ2) is 6.73. The summed E-state index contributed by atoms with van der Waals surface area (Å²) in [5.41, 5.74) is 0.943. The molecule has 1 N–H and O–H groups in total. The Morgan fingerprint density at radius 2 is 2.14 bits per heavy atom. The van der Waals surface area contributed by atoms with Gasteiger partial charge in [0, 0.05) is 11.8 Å². The van der Waals surface area contributed by atoms with Gasteiger partial charge in [0.2, 0.25) is 0 Å². The Labute approximate surface area is 125 Å². The molecule has 1 amide bonds. The van der Waals surface area contributed by atoms with Gasteiger partial charge in [0.05, 0.1) is 16.7 Å². The van der Waals surface area contributed by atoms with Gasteiger partial charge in [-0.1, -0.05) is 17.7 Å². The third kappa shape index (κ3) is 4.20. The third-order valence-corrected chi connectivity index (χ3v) is 2.83. The zero-order valence-electron chi connectivity index (χ0n) is 10.8. The molecule has 0 heterocycles. The summed E-state index contributed by atoms with van der Waals surface area (Å²) in [5.74, 6) is -0.658. The van der Waals surface area contributed by atoms with Gasteiger partial charge in [0.15, 0.2) is 6.61 Å². The van der Waals surface area contributed by atoms with E-state index in [9.17, 15) is 9.18 Å². The maximum absolute atomic E-state index is 13.0. The van der Waals surface area contributed by atoms with Gasteiger partial charge in [0.1, 0.15) is 11.6 Å². The highest BCUT2D eigenvalue weighted by atomic mass is 35.5. The monoisotopic (exact) mass is 304 g/mol. The zero-order valence-corrected chi connectivity index (χ0v) is 11.5. The molecular weight excluding hydrogens is 295 g/mol. The molecule has 0 aliphatic rings. The maximum atomic E-state index is 13.0. The van der Waals surface area contributed by atoms with Crippen LogP contribution < -0.4 is 10.1 Å². The van der Waals surface area contributed by atoms with Crippen molar-refractivity contribution in [2.45, 2.75) is 0 Å². The number of hydrogen-bond donors (Lipinski definition) is 1. The van der Waals surface area contributed by atoms with Crippen molar-refractivity contribution in [1.29, 1.82) is 5.26 Å². The van der Waals surface area contributed by atoms with E-state index in [4.69, 9.17) is 21.6 Å². The van der Waals surface area contributed by atoms with Gasteiger partial charge in [-0.15, -0.1) is 0 Å². The molecule has 106 valence electrons. The fraction of sp³-hybridized carbons (Fsp3) is 0.0667. The summed E-state index contributed by atoms with van der Waals surface area (Å²) in [5, 5.41) is 11.3. The number of rotatable bonds is 4. The lowest BCUT2D eigenvalue weighted by Crippen LogP contribution is -2.20. The minimum absolute atomic E-state index is 0.0744. The highest BCUT2D eigenvalue weighted by molar-refractivity contribution is 6.30. The van der Waals surface area contributed by atoms with Gasteiger partial charge in [-0.05, 0) is 30.3 Å². The molecular formula is C15H10ClFN2O2. The van der Waals surface area contributed by atoms with E-state index in [0.29, 0.717) is 17.0 Å². The number of carbonyl (C=O) groups excluding carboxylic acids is 1. The molecule has 2 rings (SSSR count). The second-order valence-corrected chi connectivity index (χ2v) is 4.51. The average Bonchev–Trinajstić information content (AvgIpc) is 2.48. The number of nitriles is 1. The van der Waals surface area contributed by atoms with Crippen molar-refractivity contribution in [2.75, 3.05) is 11.9 Å². The van der Waals surface area contributed by atoms with Crippen molar-refractivity contribution >= 4 is 23.2 Å². The number of nitrogens with one attached hydrogen (secondary N) is 1. The van der Waals surface area contributed by atoms with Crippen LogP contribution in [0.5, 0.6) is 5.75 Å². The standard InChI is InChI=1S/C15H10ClFN2O2/c16-13-7-12(4-5-14(13)17)21-9-15(20)19-11-3-1-2-10(6-11)8-18/h1-7H,9H2,(H,19,20). The summed E-state index contributed by atoms with van der Waals surface area (Å²) < 4.78 is 18.2. The first kappa shape index (κ1) is 14.8. The largest absolute Gasteiger partial charge is 0.484 e. The van der Waals surface area contributed by atoms with Crippen LogP contribution >= 0.6 is 11.6 Å². The van der Waals surface area contributed by atoms with Crippen molar-refractivity contribution in [3.8, 4) is 11.8 Å². The lowest BCUT2D eigenvalue weighted by molar-refractivity contribution is -0.118. The van der Waals surface area contributed by atoms with E-state index in [-0.39, 0.29) is 11.6 Å². The number of amides is 1. The molecule has 0 saturated heterocycles. The molecule has 0 aromatic heterocycles. The summed E-state index contributed by atoms with van der Waals surface area (Å²) in [6, 6.07) is 12.3. The van der Waals surface area contributed by atoms with Crippen LogP contribution in [0, 0.1) is 17.1 Å². The van der Waals surface area contributed by atoms with Crippen LogP contribution in [0.15, 0.2) is 42.5 Å². The Morgan fingerprint density at radius 1 is 1.33 bits per heavy atom. The first-order valence-electron chi connectivity index (χ1n) is 5.96. The number of halogens is 2. The number of benzene rings is 2. The molecule has 0 atom stereocenters. The van der Waals surface area contributed by atoms with Gasteiger partial charge in [-0.3, -0.25) is 4.79 Å². The lowest BCUT2D eigenvalue weighted by Gasteiger charge is -2.08. The zero-order chi connectivity index (χ0) is 15.2. The minimum Gasteiger partial charge on any atom is -0.484 e. The van der Waals surface area contributed by atoms with Crippen LogP contribution in [-0.4, -0.2) is 12.5 Å². The predicted molar refractivity (Wildman–Crippen MR) is 76.7 cm³/mol.